The minimum Gasteiger partial charge on any atom is -0.455 e. The van der Waals surface area contributed by atoms with Crippen molar-refractivity contribution in [1.82, 2.24) is 4.98 Å². The van der Waals surface area contributed by atoms with Crippen LogP contribution in [0.4, 0.5) is 0 Å². The highest BCUT2D eigenvalue weighted by atomic mass is 16.3. The summed E-state index contributed by atoms with van der Waals surface area (Å²) in [5, 5.41) is 3.96. The molecule has 2 heteroatoms. The lowest BCUT2D eigenvalue weighted by molar-refractivity contribution is 0.670. The topological polar surface area (TPSA) is 26.0 Å². The van der Waals surface area contributed by atoms with Gasteiger partial charge in [-0.2, -0.15) is 0 Å². The van der Waals surface area contributed by atoms with Gasteiger partial charge in [-0.25, -0.2) is 0 Å². The Hall–Kier alpha value is -3.91. The largest absolute Gasteiger partial charge is 0.455 e. The smallest absolute Gasteiger partial charge is 0.144 e. The van der Waals surface area contributed by atoms with E-state index < -0.39 is 6.04 Å². The predicted octanol–water partition coefficient (Wildman–Crippen LogP) is 7.47. The van der Waals surface area contributed by atoms with Gasteiger partial charge in [0.15, 0.2) is 0 Å². The normalized spacial score (nSPS) is 13.9. The van der Waals surface area contributed by atoms with Crippen LogP contribution in [0.5, 0.6) is 0 Å². The molecule has 2 heterocycles. The molecule has 2 aromatic heterocycles. The highest BCUT2D eigenvalue weighted by Gasteiger charge is 2.14. The summed E-state index contributed by atoms with van der Waals surface area (Å²) in [4.78, 5) is 4.64. The van der Waals surface area contributed by atoms with Crippen molar-refractivity contribution in [2.24, 2.45) is 0 Å². The molecule has 0 saturated carbocycles. The molecule has 0 atom stereocenters. The second kappa shape index (κ2) is 6.32. The second-order valence-electron chi connectivity index (χ2n) is 6.91. The van der Waals surface area contributed by atoms with Crippen molar-refractivity contribution in [3.05, 3.63) is 103 Å². The van der Waals surface area contributed by atoms with Crippen molar-refractivity contribution in [3.63, 3.8) is 0 Å². The molecule has 0 unspecified atom stereocenters. The fourth-order valence-electron chi connectivity index (χ4n) is 3.78. The van der Waals surface area contributed by atoms with E-state index in [2.05, 4.69) is 4.98 Å². The molecule has 0 spiro atoms. The summed E-state index contributed by atoms with van der Waals surface area (Å²) < 4.78 is 46.7. The summed E-state index contributed by atoms with van der Waals surface area (Å²) in [6.45, 7) is 0. The van der Waals surface area contributed by atoms with Gasteiger partial charge in [0.2, 0.25) is 0 Å². The first-order valence-corrected chi connectivity index (χ1v) is 9.32. The monoisotopic (exact) mass is 376 g/mol. The molecule has 0 N–H and O–H groups in total. The number of nitrogens with zero attached hydrogens (tertiary/aromatic N) is 1. The number of fused-ring (bicyclic) bond motifs is 4. The van der Waals surface area contributed by atoms with Gasteiger partial charge < -0.3 is 4.42 Å². The maximum atomic E-state index is 8.29. The summed E-state index contributed by atoms with van der Waals surface area (Å²) in [7, 11) is 0. The van der Waals surface area contributed by atoms with Gasteiger partial charge in [0.1, 0.15) is 11.2 Å². The van der Waals surface area contributed by atoms with Gasteiger partial charge >= 0.3 is 0 Å². The first-order valence-electron chi connectivity index (χ1n) is 11.8. The van der Waals surface area contributed by atoms with E-state index in [-0.39, 0.29) is 29.7 Å². The van der Waals surface area contributed by atoms with E-state index in [1.165, 1.54) is 0 Å². The third kappa shape index (κ3) is 2.61. The summed E-state index contributed by atoms with van der Waals surface area (Å²) in [6, 6.07) is 19.8. The van der Waals surface area contributed by atoms with E-state index in [1.807, 2.05) is 60.8 Å². The Balaban J connectivity index is 1.57. The lowest BCUT2D eigenvalue weighted by atomic mass is 10.0. The summed E-state index contributed by atoms with van der Waals surface area (Å²) in [6.07, 6.45) is 1.85. The number of benzene rings is 4. The molecule has 0 aliphatic rings. The number of furan rings is 1. The maximum absolute atomic E-state index is 8.29. The molecule has 6 rings (SSSR count). The van der Waals surface area contributed by atoms with Gasteiger partial charge in [0.25, 0.3) is 0 Å². The molecule has 0 fully saturated rings. The van der Waals surface area contributed by atoms with Gasteiger partial charge in [-0.1, -0.05) is 72.7 Å². The zero-order valence-corrected chi connectivity index (χ0v) is 15.3. The number of para-hydroxylation sites is 1. The van der Waals surface area contributed by atoms with E-state index in [0.29, 0.717) is 16.7 Å². The molecule has 29 heavy (non-hydrogen) atoms. The average molecular weight is 376 g/mol. The Kier molecular flexibility index (Phi) is 2.58. The fourth-order valence-corrected chi connectivity index (χ4v) is 3.78. The maximum Gasteiger partial charge on any atom is 0.144 e. The van der Waals surface area contributed by atoms with Crippen LogP contribution in [0.2, 0.25) is 0 Å². The highest BCUT2D eigenvalue weighted by molar-refractivity contribution is 6.10. The van der Waals surface area contributed by atoms with Gasteiger partial charge in [-0.3, -0.25) is 4.98 Å². The molecule has 0 aliphatic carbocycles. The molecule has 6 aromatic rings. The molecule has 136 valence electrons. The van der Waals surface area contributed by atoms with Crippen LogP contribution in [0.15, 0.2) is 108 Å². The van der Waals surface area contributed by atoms with E-state index in [1.54, 1.807) is 12.1 Å². The Morgan fingerprint density at radius 2 is 1.59 bits per heavy atom. The lowest BCUT2D eigenvalue weighted by Crippen LogP contribution is -1.84. The Labute approximate surface area is 175 Å². The number of aromatic nitrogens is 1. The molecule has 0 bridgehead atoms. The summed E-state index contributed by atoms with van der Waals surface area (Å²) >= 11 is 0. The van der Waals surface area contributed by atoms with Crippen LogP contribution in [0.25, 0.3) is 55.1 Å². The van der Waals surface area contributed by atoms with Gasteiger partial charge in [-0.15, -0.1) is 0 Å². The van der Waals surface area contributed by atoms with Crippen LogP contribution in [0.1, 0.15) is 6.85 Å². The summed E-state index contributed by atoms with van der Waals surface area (Å²) in [5.41, 5.74) is 3.60. The van der Waals surface area contributed by atoms with E-state index >= 15 is 0 Å². The lowest BCUT2D eigenvalue weighted by Gasteiger charge is -2.04. The SMILES string of the molecule is [2H]c1c([2H])c([2H])c(-c2ccc3c(c2)oc2c(-c4cc5ccccc5cn4)cccc23)c([2H])c1[2H]. The third-order valence-electron chi connectivity index (χ3n) is 5.19. The fraction of sp³-hybridized carbons (Fsp3) is 0. The highest BCUT2D eigenvalue weighted by Crippen LogP contribution is 2.37. The van der Waals surface area contributed by atoms with Crippen molar-refractivity contribution in [2.75, 3.05) is 0 Å². The number of pyridine rings is 1. The number of hydrogen-bond donors (Lipinski definition) is 0. The molecule has 2 nitrogen and oxygen atoms in total. The first-order chi connectivity index (χ1) is 16.4. The minimum atomic E-state index is -0.406. The zero-order chi connectivity index (χ0) is 23.6. The third-order valence-corrected chi connectivity index (χ3v) is 5.19. The van der Waals surface area contributed by atoms with Crippen LogP contribution < -0.4 is 0 Å². The summed E-state index contributed by atoms with van der Waals surface area (Å²) in [5.74, 6) is 0. The molecular weight excluding hydrogens is 354 g/mol. The molecule has 0 saturated heterocycles. The first kappa shape index (κ1) is 11.8. The van der Waals surface area contributed by atoms with Gasteiger partial charge in [0.05, 0.1) is 12.5 Å². The van der Waals surface area contributed by atoms with Crippen LogP contribution in [-0.4, -0.2) is 4.98 Å². The zero-order valence-electron chi connectivity index (χ0n) is 20.3. The van der Waals surface area contributed by atoms with E-state index in [9.17, 15) is 0 Å². The molecular formula is C27H17NO. The quantitative estimate of drug-likeness (QED) is 0.313. The van der Waals surface area contributed by atoms with Crippen molar-refractivity contribution < 1.29 is 11.3 Å². The van der Waals surface area contributed by atoms with Gasteiger partial charge in [-0.05, 0) is 40.8 Å². The Morgan fingerprint density at radius 1 is 0.724 bits per heavy atom. The van der Waals surface area contributed by atoms with Crippen molar-refractivity contribution >= 4 is 32.7 Å². The van der Waals surface area contributed by atoms with Gasteiger partial charge in [0, 0.05) is 27.9 Å². The van der Waals surface area contributed by atoms with Crippen molar-refractivity contribution in [3.8, 4) is 22.4 Å². The molecule has 4 aromatic carbocycles. The predicted molar refractivity (Wildman–Crippen MR) is 120 cm³/mol. The molecule has 0 aliphatic heterocycles. The van der Waals surface area contributed by atoms with Crippen LogP contribution in [-0.2, 0) is 0 Å². The standard InChI is InChI=1S/C27H17NO/c1-2-7-18(8-3-1)20-13-14-22-23-11-6-12-24(27(23)29-26(22)16-20)25-15-19-9-4-5-10-21(19)17-28-25/h1-17H/i1D,2D,3D,7D,8D. The average Bonchev–Trinajstić information content (AvgIpc) is 3.24. The van der Waals surface area contributed by atoms with Crippen LogP contribution in [0.3, 0.4) is 0 Å². The van der Waals surface area contributed by atoms with Crippen molar-refractivity contribution in [2.45, 2.75) is 0 Å². The Morgan fingerprint density at radius 3 is 2.48 bits per heavy atom. The number of rotatable bonds is 2. The van der Waals surface area contributed by atoms with Crippen LogP contribution >= 0.6 is 0 Å². The molecule has 0 radical (unpaired) electrons. The van der Waals surface area contributed by atoms with E-state index in [4.69, 9.17) is 11.3 Å². The minimum absolute atomic E-state index is 0.157. The van der Waals surface area contributed by atoms with E-state index in [0.717, 1.165) is 32.8 Å². The van der Waals surface area contributed by atoms with Crippen LogP contribution in [0, 0.1) is 0 Å². The Bertz CT molecular complexity index is 1740. The van der Waals surface area contributed by atoms with Crippen molar-refractivity contribution in [1.29, 1.82) is 0 Å². The molecule has 0 amide bonds. The number of hydrogen-bond acceptors (Lipinski definition) is 2. The second-order valence-corrected chi connectivity index (χ2v) is 6.91.